The molecule has 0 atom stereocenters. The molecule has 0 fully saturated rings. The first kappa shape index (κ1) is 20.4. The number of esters is 1. The van der Waals surface area contributed by atoms with Crippen LogP contribution < -0.4 is 5.32 Å². The summed E-state index contributed by atoms with van der Waals surface area (Å²) in [6.07, 6.45) is 0. The Labute approximate surface area is 176 Å². The SMILES string of the molecule is CCNC(=O)COC(=O)c1cc(-c2ccc(Cl)c(Cl)c2Cl)nc2ccccc12. The number of hydrogen-bond donors (Lipinski definition) is 1. The highest BCUT2D eigenvalue weighted by atomic mass is 35.5. The van der Waals surface area contributed by atoms with Gasteiger partial charge in [0.2, 0.25) is 0 Å². The van der Waals surface area contributed by atoms with Crippen LogP contribution in [0.25, 0.3) is 22.2 Å². The molecule has 3 rings (SSSR count). The van der Waals surface area contributed by atoms with Crippen molar-refractivity contribution < 1.29 is 14.3 Å². The third-order valence-electron chi connectivity index (χ3n) is 3.96. The molecule has 3 aromatic rings. The normalized spacial score (nSPS) is 10.7. The van der Waals surface area contributed by atoms with Gasteiger partial charge in [0.15, 0.2) is 6.61 Å². The fraction of sp³-hybridized carbons (Fsp3) is 0.150. The number of fused-ring (bicyclic) bond motifs is 1. The molecule has 0 bridgehead atoms. The third kappa shape index (κ3) is 4.22. The second-order valence-electron chi connectivity index (χ2n) is 5.82. The number of halogens is 3. The van der Waals surface area contributed by atoms with E-state index in [0.29, 0.717) is 33.7 Å². The Morgan fingerprint density at radius 2 is 1.82 bits per heavy atom. The Morgan fingerprint density at radius 3 is 2.57 bits per heavy atom. The first-order valence-corrected chi connectivity index (χ1v) is 9.53. The van der Waals surface area contributed by atoms with Gasteiger partial charge in [-0.1, -0.05) is 53.0 Å². The van der Waals surface area contributed by atoms with Crippen LogP contribution in [0.5, 0.6) is 0 Å². The predicted molar refractivity (Wildman–Crippen MR) is 111 cm³/mol. The lowest BCUT2D eigenvalue weighted by atomic mass is 10.0. The molecule has 0 saturated heterocycles. The zero-order valence-electron chi connectivity index (χ0n) is 14.8. The van der Waals surface area contributed by atoms with Gasteiger partial charge >= 0.3 is 5.97 Å². The molecule has 1 amide bonds. The number of likely N-dealkylation sites (N-methyl/N-ethyl adjacent to an activating group) is 1. The molecule has 144 valence electrons. The van der Waals surface area contributed by atoms with Gasteiger partial charge in [0.1, 0.15) is 0 Å². The first-order chi connectivity index (χ1) is 13.4. The molecule has 0 unspecified atom stereocenters. The van der Waals surface area contributed by atoms with E-state index < -0.39 is 5.97 Å². The number of para-hydroxylation sites is 1. The summed E-state index contributed by atoms with van der Waals surface area (Å²) in [5.41, 5.74) is 1.81. The summed E-state index contributed by atoms with van der Waals surface area (Å²) in [5, 5.41) is 3.93. The minimum Gasteiger partial charge on any atom is -0.452 e. The van der Waals surface area contributed by atoms with Crippen LogP contribution in [0.2, 0.25) is 15.1 Å². The maximum absolute atomic E-state index is 12.6. The van der Waals surface area contributed by atoms with Gasteiger partial charge in [-0.3, -0.25) is 4.79 Å². The highest BCUT2D eigenvalue weighted by Gasteiger charge is 2.18. The van der Waals surface area contributed by atoms with Gasteiger partial charge in [0.25, 0.3) is 5.91 Å². The lowest BCUT2D eigenvalue weighted by molar-refractivity contribution is -0.124. The Kier molecular flexibility index (Phi) is 6.39. The largest absolute Gasteiger partial charge is 0.452 e. The fourth-order valence-corrected chi connectivity index (χ4v) is 3.30. The molecule has 1 aromatic heterocycles. The van der Waals surface area contributed by atoms with Crippen LogP contribution in [0.15, 0.2) is 42.5 Å². The van der Waals surface area contributed by atoms with Crippen LogP contribution in [-0.4, -0.2) is 30.0 Å². The van der Waals surface area contributed by atoms with Gasteiger partial charge in [-0.05, 0) is 31.2 Å². The van der Waals surface area contributed by atoms with Crippen molar-refractivity contribution in [3.05, 3.63) is 63.1 Å². The van der Waals surface area contributed by atoms with Crippen molar-refractivity contribution in [2.45, 2.75) is 6.92 Å². The van der Waals surface area contributed by atoms with E-state index in [4.69, 9.17) is 39.5 Å². The van der Waals surface area contributed by atoms with Crippen LogP contribution in [0.1, 0.15) is 17.3 Å². The molecular weight excluding hydrogens is 423 g/mol. The van der Waals surface area contributed by atoms with E-state index in [1.807, 2.05) is 0 Å². The van der Waals surface area contributed by atoms with Gasteiger partial charge in [-0.25, -0.2) is 9.78 Å². The number of nitrogens with one attached hydrogen (secondary N) is 1. The van der Waals surface area contributed by atoms with E-state index in [-0.39, 0.29) is 28.1 Å². The van der Waals surface area contributed by atoms with Crippen molar-refractivity contribution in [2.75, 3.05) is 13.2 Å². The lowest BCUT2D eigenvalue weighted by Crippen LogP contribution is -2.28. The lowest BCUT2D eigenvalue weighted by Gasteiger charge is -2.12. The van der Waals surface area contributed by atoms with Crippen LogP contribution in [0, 0.1) is 0 Å². The van der Waals surface area contributed by atoms with E-state index >= 15 is 0 Å². The summed E-state index contributed by atoms with van der Waals surface area (Å²) < 4.78 is 5.16. The smallest absolute Gasteiger partial charge is 0.339 e. The first-order valence-electron chi connectivity index (χ1n) is 8.39. The van der Waals surface area contributed by atoms with Crippen LogP contribution >= 0.6 is 34.8 Å². The number of pyridine rings is 1. The molecule has 0 aliphatic rings. The molecule has 5 nitrogen and oxygen atoms in total. The molecule has 0 spiro atoms. The molecule has 28 heavy (non-hydrogen) atoms. The molecule has 0 radical (unpaired) electrons. The summed E-state index contributed by atoms with van der Waals surface area (Å²) in [4.78, 5) is 28.8. The molecule has 0 aliphatic carbocycles. The third-order valence-corrected chi connectivity index (χ3v) is 5.25. The number of aromatic nitrogens is 1. The van der Waals surface area contributed by atoms with Gasteiger partial charge in [0.05, 0.1) is 31.8 Å². The quantitative estimate of drug-likeness (QED) is 0.442. The Hall–Kier alpha value is -2.34. The van der Waals surface area contributed by atoms with Gasteiger partial charge < -0.3 is 10.1 Å². The molecule has 0 saturated carbocycles. The van der Waals surface area contributed by atoms with Crippen molar-refractivity contribution in [2.24, 2.45) is 0 Å². The Bertz CT molecular complexity index is 1070. The second-order valence-corrected chi connectivity index (χ2v) is 6.99. The Balaban J connectivity index is 2.06. The number of carbonyl (C=O) groups is 2. The van der Waals surface area contributed by atoms with Crippen molar-refractivity contribution in [1.82, 2.24) is 10.3 Å². The fourth-order valence-electron chi connectivity index (χ4n) is 2.66. The minimum atomic E-state index is -0.637. The average molecular weight is 438 g/mol. The van der Waals surface area contributed by atoms with Gasteiger partial charge in [-0.2, -0.15) is 0 Å². The average Bonchev–Trinajstić information content (AvgIpc) is 2.69. The zero-order chi connectivity index (χ0) is 20.3. The van der Waals surface area contributed by atoms with E-state index in [0.717, 1.165) is 0 Å². The molecule has 1 heterocycles. The van der Waals surface area contributed by atoms with E-state index in [2.05, 4.69) is 10.3 Å². The number of benzene rings is 2. The summed E-state index contributed by atoms with van der Waals surface area (Å²) in [7, 11) is 0. The van der Waals surface area contributed by atoms with Gasteiger partial charge in [0, 0.05) is 17.5 Å². The van der Waals surface area contributed by atoms with Crippen molar-refractivity contribution in [3.63, 3.8) is 0 Å². The maximum atomic E-state index is 12.6. The highest BCUT2D eigenvalue weighted by Crippen LogP contribution is 2.38. The van der Waals surface area contributed by atoms with Crippen LogP contribution in [-0.2, 0) is 9.53 Å². The van der Waals surface area contributed by atoms with Crippen molar-refractivity contribution in [3.8, 4) is 11.3 Å². The number of ether oxygens (including phenoxy) is 1. The molecule has 0 aliphatic heterocycles. The standard InChI is InChI=1S/C20H15Cl3N2O3/c1-2-24-17(26)10-28-20(27)13-9-16(25-15-6-4-3-5-11(13)15)12-7-8-14(21)19(23)18(12)22/h3-9H,2,10H2,1H3,(H,24,26). The number of hydrogen-bond acceptors (Lipinski definition) is 4. The second kappa shape index (κ2) is 8.78. The molecule has 1 N–H and O–H groups in total. The van der Waals surface area contributed by atoms with E-state index in [1.54, 1.807) is 49.4 Å². The van der Waals surface area contributed by atoms with Crippen molar-refractivity contribution in [1.29, 1.82) is 0 Å². The molecule has 2 aromatic carbocycles. The van der Waals surface area contributed by atoms with Crippen molar-refractivity contribution >= 4 is 57.6 Å². The number of rotatable bonds is 5. The molecular formula is C20H15Cl3N2O3. The van der Waals surface area contributed by atoms with E-state index in [9.17, 15) is 9.59 Å². The summed E-state index contributed by atoms with van der Waals surface area (Å²) >= 11 is 18.5. The minimum absolute atomic E-state index is 0.205. The number of amides is 1. The van der Waals surface area contributed by atoms with E-state index in [1.165, 1.54) is 0 Å². The predicted octanol–water partition coefficient (Wildman–Crippen LogP) is 5.15. The summed E-state index contributed by atoms with van der Waals surface area (Å²) in [5.74, 6) is -1.01. The summed E-state index contributed by atoms with van der Waals surface area (Å²) in [6.45, 7) is 1.87. The number of carbonyl (C=O) groups excluding carboxylic acids is 2. The Morgan fingerprint density at radius 1 is 1.07 bits per heavy atom. The monoisotopic (exact) mass is 436 g/mol. The van der Waals surface area contributed by atoms with Crippen LogP contribution in [0.3, 0.4) is 0 Å². The number of nitrogens with zero attached hydrogens (tertiary/aromatic N) is 1. The van der Waals surface area contributed by atoms with Crippen LogP contribution in [0.4, 0.5) is 0 Å². The topological polar surface area (TPSA) is 68.3 Å². The summed E-state index contributed by atoms with van der Waals surface area (Å²) in [6, 6.07) is 12.0. The maximum Gasteiger partial charge on any atom is 0.339 e. The van der Waals surface area contributed by atoms with Gasteiger partial charge in [-0.15, -0.1) is 0 Å². The molecule has 8 heteroatoms. The highest BCUT2D eigenvalue weighted by molar-refractivity contribution is 6.49. The zero-order valence-corrected chi connectivity index (χ0v) is 17.0.